The molecule has 0 amide bonds. The molecule has 1 unspecified atom stereocenters. The summed E-state index contributed by atoms with van der Waals surface area (Å²) in [6.45, 7) is 5.68. The minimum atomic E-state index is -0.199. The van der Waals surface area contributed by atoms with Crippen LogP contribution in [0.5, 0.6) is 0 Å². The molecule has 64 valence electrons. The number of halogens is 1. The molecule has 3 nitrogen and oxygen atoms in total. The van der Waals surface area contributed by atoms with E-state index < -0.39 is 0 Å². The lowest BCUT2D eigenvalue weighted by atomic mass is 10.3. The van der Waals surface area contributed by atoms with E-state index in [9.17, 15) is 0 Å². The van der Waals surface area contributed by atoms with Crippen LogP contribution in [0.1, 0.15) is 24.4 Å². The third-order valence-corrected chi connectivity index (χ3v) is 2.94. The number of nitrogens with zero attached hydrogens (tertiary/aromatic N) is 3. The molecule has 0 N–H and O–H groups in total. The maximum absolute atomic E-state index is 8.69. The number of hydrogen-bond donors (Lipinski definition) is 0. The normalized spacial score (nSPS) is 12.6. The van der Waals surface area contributed by atoms with E-state index in [0.29, 0.717) is 0 Å². The lowest BCUT2D eigenvalue weighted by molar-refractivity contribution is 0.571. The summed E-state index contributed by atoms with van der Waals surface area (Å²) < 4.78 is 2.71. The van der Waals surface area contributed by atoms with Gasteiger partial charge in [-0.2, -0.15) is 10.4 Å². The van der Waals surface area contributed by atoms with Gasteiger partial charge < -0.3 is 0 Å². The van der Waals surface area contributed by atoms with E-state index in [1.54, 1.807) is 4.68 Å². The zero-order chi connectivity index (χ0) is 9.30. The van der Waals surface area contributed by atoms with E-state index in [0.717, 1.165) is 15.9 Å². The first-order chi connectivity index (χ1) is 5.57. The number of rotatable bonds is 1. The van der Waals surface area contributed by atoms with Gasteiger partial charge in [0.1, 0.15) is 6.04 Å². The molecule has 0 saturated carbocycles. The number of hydrogen-bond acceptors (Lipinski definition) is 2. The van der Waals surface area contributed by atoms with Crippen LogP contribution in [0, 0.1) is 25.2 Å². The van der Waals surface area contributed by atoms with Gasteiger partial charge in [-0.3, -0.25) is 4.68 Å². The van der Waals surface area contributed by atoms with E-state index >= 15 is 0 Å². The zero-order valence-electron chi connectivity index (χ0n) is 7.30. The second-order valence-electron chi connectivity index (χ2n) is 2.73. The summed E-state index contributed by atoms with van der Waals surface area (Å²) in [5, 5.41) is 12.9. The molecule has 0 aliphatic carbocycles. The summed E-state index contributed by atoms with van der Waals surface area (Å²) >= 11 is 3.40. The van der Waals surface area contributed by atoms with Crippen molar-refractivity contribution < 1.29 is 0 Å². The van der Waals surface area contributed by atoms with Gasteiger partial charge in [-0.25, -0.2) is 0 Å². The monoisotopic (exact) mass is 227 g/mol. The van der Waals surface area contributed by atoms with Crippen LogP contribution in [0.25, 0.3) is 0 Å². The molecule has 1 aromatic heterocycles. The van der Waals surface area contributed by atoms with Crippen LogP contribution in [-0.2, 0) is 0 Å². The quantitative estimate of drug-likeness (QED) is 0.740. The number of aromatic nitrogens is 2. The highest BCUT2D eigenvalue weighted by atomic mass is 79.9. The van der Waals surface area contributed by atoms with E-state index in [4.69, 9.17) is 5.26 Å². The number of nitriles is 1. The molecule has 0 spiro atoms. The highest BCUT2D eigenvalue weighted by Crippen LogP contribution is 2.22. The molecule has 0 bridgehead atoms. The fourth-order valence-electron chi connectivity index (χ4n) is 1.07. The highest BCUT2D eigenvalue weighted by Gasteiger charge is 2.12. The average molecular weight is 228 g/mol. The van der Waals surface area contributed by atoms with Crippen molar-refractivity contribution in [3.05, 3.63) is 15.9 Å². The van der Waals surface area contributed by atoms with Crippen molar-refractivity contribution >= 4 is 15.9 Å². The minimum Gasteiger partial charge on any atom is -0.251 e. The smallest absolute Gasteiger partial charge is 0.136 e. The van der Waals surface area contributed by atoms with Crippen LogP contribution in [0.15, 0.2) is 4.47 Å². The first-order valence-electron chi connectivity index (χ1n) is 3.68. The predicted octanol–water partition coefficient (Wildman–Crippen LogP) is 2.35. The van der Waals surface area contributed by atoms with Gasteiger partial charge in [0.25, 0.3) is 0 Å². The van der Waals surface area contributed by atoms with Crippen LogP contribution in [0.2, 0.25) is 0 Å². The first-order valence-corrected chi connectivity index (χ1v) is 4.48. The molecule has 0 radical (unpaired) electrons. The van der Waals surface area contributed by atoms with Gasteiger partial charge in [0.05, 0.1) is 21.9 Å². The Balaban J connectivity index is 3.20. The van der Waals surface area contributed by atoms with Gasteiger partial charge in [0.15, 0.2) is 0 Å². The molecule has 0 aliphatic rings. The fraction of sp³-hybridized carbons (Fsp3) is 0.500. The van der Waals surface area contributed by atoms with Crippen LogP contribution >= 0.6 is 15.9 Å². The van der Waals surface area contributed by atoms with Gasteiger partial charge in [-0.15, -0.1) is 0 Å². The van der Waals surface area contributed by atoms with Crippen molar-refractivity contribution in [3.8, 4) is 6.07 Å². The third kappa shape index (κ3) is 1.37. The Labute approximate surface area is 80.1 Å². The van der Waals surface area contributed by atoms with Gasteiger partial charge in [0, 0.05) is 0 Å². The molecule has 1 atom stereocenters. The maximum Gasteiger partial charge on any atom is 0.136 e. The summed E-state index contributed by atoms with van der Waals surface area (Å²) in [6, 6.07) is 1.94. The van der Waals surface area contributed by atoms with E-state index in [2.05, 4.69) is 27.1 Å². The minimum absolute atomic E-state index is 0.199. The Bertz CT molecular complexity index is 335. The lowest BCUT2D eigenvalue weighted by Crippen LogP contribution is -2.06. The second kappa shape index (κ2) is 3.28. The molecule has 0 fully saturated rings. The Morgan fingerprint density at radius 1 is 1.58 bits per heavy atom. The van der Waals surface area contributed by atoms with Gasteiger partial charge in [0.2, 0.25) is 0 Å². The third-order valence-electron chi connectivity index (χ3n) is 1.79. The van der Waals surface area contributed by atoms with Crippen LogP contribution < -0.4 is 0 Å². The summed E-state index contributed by atoms with van der Waals surface area (Å²) in [6.07, 6.45) is 0. The molecule has 1 heterocycles. The summed E-state index contributed by atoms with van der Waals surface area (Å²) in [5.41, 5.74) is 1.93. The Hall–Kier alpha value is -0.820. The number of aryl methyl sites for hydroxylation is 1. The molecule has 0 aromatic carbocycles. The fourth-order valence-corrected chi connectivity index (χ4v) is 1.34. The van der Waals surface area contributed by atoms with E-state index in [-0.39, 0.29) is 6.04 Å². The SMILES string of the molecule is Cc1nn(C(C)C#N)c(C)c1Br. The molecule has 1 aromatic rings. The van der Waals surface area contributed by atoms with Crippen molar-refractivity contribution in [3.63, 3.8) is 0 Å². The summed E-state index contributed by atoms with van der Waals surface area (Å²) in [4.78, 5) is 0. The van der Waals surface area contributed by atoms with Gasteiger partial charge >= 0.3 is 0 Å². The molecular formula is C8H10BrN3. The molecular weight excluding hydrogens is 218 g/mol. The Morgan fingerprint density at radius 2 is 2.17 bits per heavy atom. The van der Waals surface area contributed by atoms with Crippen LogP contribution in [0.3, 0.4) is 0 Å². The topological polar surface area (TPSA) is 41.6 Å². The molecule has 1 rings (SSSR count). The zero-order valence-corrected chi connectivity index (χ0v) is 8.88. The van der Waals surface area contributed by atoms with Crippen molar-refractivity contribution in [2.45, 2.75) is 26.8 Å². The Kier molecular flexibility index (Phi) is 2.53. The lowest BCUT2D eigenvalue weighted by Gasteiger charge is -2.04. The van der Waals surface area contributed by atoms with E-state index in [1.165, 1.54) is 0 Å². The molecule has 4 heteroatoms. The summed E-state index contributed by atoms with van der Waals surface area (Å²) in [5.74, 6) is 0. The Morgan fingerprint density at radius 3 is 2.50 bits per heavy atom. The van der Waals surface area contributed by atoms with Gasteiger partial charge in [-0.05, 0) is 36.7 Å². The highest BCUT2D eigenvalue weighted by molar-refractivity contribution is 9.10. The van der Waals surface area contributed by atoms with Gasteiger partial charge in [-0.1, -0.05) is 0 Å². The van der Waals surface area contributed by atoms with Crippen molar-refractivity contribution in [2.24, 2.45) is 0 Å². The van der Waals surface area contributed by atoms with Crippen molar-refractivity contribution in [2.75, 3.05) is 0 Å². The van der Waals surface area contributed by atoms with Crippen molar-refractivity contribution in [1.82, 2.24) is 9.78 Å². The summed E-state index contributed by atoms with van der Waals surface area (Å²) in [7, 11) is 0. The average Bonchev–Trinajstić information content (AvgIpc) is 2.32. The maximum atomic E-state index is 8.69. The van der Waals surface area contributed by atoms with E-state index in [1.807, 2.05) is 20.8 Å². The largest absolute Gasteiger partial charge is 0.251 e. The van der Waals surface area contributed by atoms with Crippen LogP contribution in [0.4, 0.5) is 0 Å². The van der Waals surface area contributed by atoms with Crippen LogP contribution in [-0.4, -0.2) is 9.78 Å². The first kappa shape index (κ1) is 9.27. The second-order valence-corrected chi connectivity index (χ2v) is 3.53. The molecule has 0 aliphatic heterocycles. The molecule has 12 heavy (non-hydrogen) atoms. The standard InChI is InChI=1S/C8H10BrN3/c1-5(4-10)12-7(3)8(9)6(2)11-12/h5H,1-3H3. The predicted molar refractivity (Wildman–Crippen MR) is 49.7 cm³/mol. The van der Waals surface area contributed by atoms with Crippen molar-refractivity contribution in [1.29, 1.82) is 5.26 Å². The molecule has 0 saturated heterocycles.